The molecule has 0 aliphatic carbocycles. The summed E-state index contributed by atoms with van der Waals surface area (Å²) in [6.07, 6.45) is -0.0746. The predicted octanol–water partition coefficient (Wildman–Crippen LogP) is 2.35. The summed E-state index contributed by atoms with van der Waals surface area (Å²) in [5.41, 5.74) is 0. The Bertz CT molecular complexity index is 150. The lowest BCUT2D eigenvalue weighted by atomic mass is 10.1. The first-order valence-corrected chi connectivity index (χ1v) is 5.72. The van der Waals surface area contributed by atoms with Gasteiger partial charge in [-0.05, 0) is 26.8 Å². The van der Waals surface area contributed by atoms with Gasteiger partial charge in [0, 0.05) is 18.6 Å². The highest BCUT2D eigenvalue weighted by molar-refractivity contribution is 4.70. The topological polar surface area (TPSA) is 15.3 Å². The molecule has 0 bridgehead atoms. The lowest BCUT2D eigenvalue weighted by Crippen LogP contribution is -2.43. The zero-order valence-corrected chi connectivity index (χ0v) is 10.3. The molecule has 15 heavy (non-hydrogen) atoms. The fourth-order valence-corrected chi connectivity index (χ4v) is 1.47. The Balaban J connectivity index is 3.76. The Morgan fingerprint density at radius 1 is 1.20 bits per heavy atom. The van der Waals surface area contributed by atoms with Crippen LogP contribution in [-0.4, -0.2) is 43.5 Å². The molecule has 1 N–H and O–H groups in total. The van der Waals surface area contributed by atoms with E-state index in [4.69, 9.17) is 0 Å². The number of nitrogens with zero attached hydrogens (tertiary/aromatic N) is 1. The summed E-state index contributed by atoms with van der Waals surface area (Å²) in [5, 5.41) is 3.39. The van der Waals surface area contributed by atoms with Crippen molar-refractivity contribution in [2.75, 3.05) is 20.1 Å². The van der Waals surface area contributed by atoms with Gasteiger partial charge in [-0.15, -0.1) is 0 Å². The van der Waals surface area contributed by atoms with Crippen LogP contribution in [0.25, 0.3) is 0 Å². The molecular weight excluding hydrogens is 198 g/mol. The Morgan fingerprint density at radius 2 is 1.73 bits per heavy atom. The van der Waals surface area contributed by atoms with Crippen molar-refractivity contribution in [2.45, 2.75) is 52.1 Å². The maximum absolute atomic E-state index is 12.1. The standard InChI is InChI=1S/C11H24F2N2/c1-5-10(6-2)14-7-9(3)15(4)8-11(12)13/h9-11,14H,5-8H2,1-4H3. The fraction of sp³-hybridized carbons (Fsp3) is 1.00. The Kier molecular flexibility index (Phi) is 7.88. The van der Waals surface area contributed by atoms with Crippen LogP contribution >= 0.6 is 0 Å². The van der Waals surface area contributed by atoms with Gasteiger partial charge in [0.25, 0.3) is 6.43 Å². The van der Waals surface area contributed by atoms with Gasteiger partial charge in [0.05, 0.1) is 6.54 Å². The molecule has 0 radical (unpaired) electrons. The number of hydrogen-bond donors (Lipinski definition) is 1. The second kappa shape index (κ2) is 7.99. The predicted molar refractivity (Wildman–Crippen MR) is 60.5 cm³/mol. The van der Waals surface area contributed by atoms with Crippen molar-refractivity contribution < 1.29 is 8.78 Å². The van der Waals surface area contributed by atoms with Gasteiger partial charge in [-0.3, -0.25) is 4.90 Å². The second-order valence-electron chi connectivity index (χ2n) is 4.10. The van der Waals surface area contributed by atoms with Gasteiger partial charge in [0.1, 0.15) is 0 Å². The van der Waals surface area contributed by atoms with E-state index < -0.39 is 6.43 Å². The van der Waals surface area contributed by atoms with E-state index in [2.05, 4.69) is 19.2 Å². The molecule has 0 saturated heterocycles. The lowest BCUT2D eigenvalue weighted by Gasteiger charge is -2.26. The third-order valence-electron chi connectivity index (χ3n) is 2.87. The minimum absolute atomic E-state index is 0.147. The zero-order chi connectivity index (χ0) is 11.8. The number of rotatable bonds is 8. The van der Waals surface area contributed by atoms with E-state index in [0.29, 0.717) is 6.04 Å². The smallest absolute Gasteiger partial charge is 0.251 e. The number of halogens is 2. The molecule has 0 aromatic heterocycles. The molecule has 0 aliphatic rings. The second-order valence-corrected chi connectivity index (χ2v) is 4.10. The molecule has 0 aromatic rings. The van der Waals surface area contributed by atoms with Crippen molar-refractivity contribution in [3.8, 4) is 0 Å². The van der Waals surface area contributed by atoms with Gasteiger partial charge < -0.3 is 5.32 Å². The molecule has 0 rings (SSSR count). The molecule has 92 valence electrons. The molecule has 1 unspecified atom stereocenters. The molecule has 0 amide bonds. The molecule has 0 aliphatic heterocycles. The van der Waals surface area contributed by atoms with Crippen LogP contribution in [0.15, 0.2) is 0 Å². The van der Waals surface area contributed by atoms with Crippen LogP contribution in [0.3, 0.4) is 0 Å². The van der Waals surface area contributed by atoms with Crippen LogP contribution < -0.4 is 5.32 Å². The quantitative estimate of drug-likeness (QED) is 0.678. The minimum atomic E-state index is -2.24. The van der Waals surface area contributed by atoms with Gasteiger partial charge in [-0.1, -0.05) is 13.8 Å². The van der Waals surface area contributed by atoms with Crippen LogP contribution in [-0.2, 0) is 0 Å². The first-order valence-electron chi connectivity index (χ1n) is 5.72. The van der Waals surface area contributed by atoms with E-state index in [1.54, 1.807) is 11.9 Å². The van der Waals surface area contributed by atoms with Crippen molar-refractivity contribution >= 4 is 0 Å². The van der Waals surface area contributed by atoms with Gasteiger partial charge in [-0.2, -0.15) is 0 Å². The van der Waals surface area contributed by atoms with Crippen molar-refractivity contribution in [1.29, 1.82) is 0 Å². The summed E-state index contributed by atoms with van der Waals surface area (Å²) in [7, 11) is 1.74. The normalized spacial score (nSPS) is 14.2. The average molecular weight is 222 g/mol. The summed E-state index contributed by atoms with van der Waals surface area (Å²) in [5.74, 6) is 0. The first-order chi connectivity index (χ1) is 7.01. The Labute approximate surface area is 92.0 Å². The van der Waals surface area contributed by atoms with Crippen LogP contribution in [0, 0.1) is 0 Å². The molecule has 0 aromatic carbocycles. The monoisotopic (exact) mass is 222 g/mol. The molecule has 0 heterocycles. The maximum atomic E-state index is 12.1. The summed E-state index contributed by atoms with van der Waals surface area (Å²) in [6.45, 7) is 6.86. The van der Waals surface area contributed by atoms with Gasteiger partial charge >= 0.3 is 0 Å². The Morgan fingerprint density at radius 3 is 2.13 bits per heavy atom. The lowest BCUT2D eigenvalue weighted by molar-refractivity contribution is 0.0834. The van der Waals surface area contributed by atoms with E-state index in [1.165, 1.54) is 0 Å². The summed E-state index contributed by atoms with van der Waals surface area (Å²) >= 11 is 0. The van der Waals surface area contributed by atoms with E-state index in [1.807, 2.05) is 6.92 Å². The first kappa shape index (κ1) is 14.8. The van der Waals surface area contributed by atoms with Crippen LogP contribution in [0.1, 0.15) is 33.6 Å². The molecule has 2 nitrogen and oxygen atoms in total. The van der Waals surface area contributed by atoms with E-state index >= 15 is 0 Å². The van der Waals surface area contributed by atoms with Gasteiger partial charge in [-0.25, -0.2) is 8.78 Å². The SMILES string of the molecule is CCC(CC)NCC(C)N(C)CC(F)F. The van der Waals surface area contributed by atoms with Crippen LogP contribution in [0.5, 0.6) is 0 Å². The molecule has 1 atom stereocenters. The number of nitrogens with one attached hydrogen (secondary N) is 1. The van der Waals surface area contributed by atoms with E-state index in [-0.39, 0.29) is 12.6 Å². The van der Waals surface area contributed by atoms with Crippen molar-refractivity contribution in [3.05, 3.63) is 0 Å². The average Bonchev–Trinajstić information content (AvgIpc) is 2.18. The Hall–Kier alpha value is -0.220. The molecular formula is C11H24F2N2. The largest absolute Gasteiger partial charge is 0.312 e. The minimum Gasteiger partial charge on any atom is -0.312 e. The molecule has 4 heteroatoms. The number of hydrogen-bond acceptors (Lipinski definition) is 2. The summed E-state index contributed by atoms with van der Waals surface area (Å²) in [4.78, 5) is 1.69. The van der Waals surface area contributed by atoms with Gasteiger partial charge in [0.15, 0.2) is 0 Å². The zero-order valence-electron chi connectivity index (χ0n) is 10.3. The fourth-order valence-electron chi connectivity index (χ4n) is 1.47. The molecule has 0 saturated carbocycles. The molecule has 0 spiro atoms. The van der Waals surface area contributed by atoms with Crippen molar-refractivity contribution in [3.63, 3.8) is 0 Å². The highest BCUT2D eigenvalue weighted by Gasteiger charge is 2.14. The summed E-state index contributed by atoms with van der Waals surface area (Å²) in [6, 6.07) is 0.659. The van der Waals surface area contributed by atoms with E-state index in [0.717, 1.165) is 19.4 Å². The van der Waals surface area contributed by atoms with Crippen molar-refractivity contribution in [2.24, 2.45) is 0 Å². The molecule has 0 fully saturated rings. The summed E-state index contributed by atoms with van der Waals surface area (Å²) < 4.78 is 24.2. The van der Waals surface area contributed by atoms with Crippen LogP contribution in [0.4, 0.5) is 8.78 Å². The van der Waals surface area contributed by atoms with Crippen molar-refractivity contribution in [1.82, 2.24) is 10.2 Å². The third-order valence-corrected chi connectivity index (χ3v) is 2.87. The number of alkyl halides is 2. The maximum Gasteiger partial charge on any atom is 0.251 e. The number of likely N-dealkylation sites (N-methyl/N-ethyl adjacent to an activating group) is 1. The van der Waals surface area contributed by atoms with Gasteiger partial charge in [0.2, 0.25) is 0 Å². The van der Waals surface area contributed by atoms with E-state index in [9.17, 15) is 8.78 Å². The highest BCUT2D eigenvalue weighted by atomic mass is 19.3. The third kappa shape index (κ3) is 6.79. The highest BCUT2D eigenvalue weighted by Crippen LogP contribution is 2.02. The van der Waals surface area contributed by atoms with Crippen LogP contribution in [0.2, 0.25) is 0 Å².